The number of likely N-dealkylation sites (N-methyl/N-ethyl adjacent to an activating group) is 1. The van der Waals surface area contributed by atoms with Gasteiger partial charge in [-0.15, -0.1) is 0 Å². The highest BCUT2D eigenvalue weighted by atomic mass is 16.5. The van der Waals surface area contributed by atoms with Crippen LogP contribution < -0.4 is 0 Å². The molecular formula is C12H24N2O2. The Hall–Kier alpha value is -0.610. The molecule has 0 spiro atoms. The summed E-state index contributed by atoms with van der Waals surface area (Å²) in [7, 11) is 4.15. The summed E-state index contributed by atoms with van der Waals surface area (Å²) in [6.07, 6.45) is 2.27. The standard InChI is InChI=1S/C12H24N2O2/c1-10(2)16-12(15)9-14(4)11-5-7-13(3)8-6-11/h10-11H,5-9H2,1-4H3. The molecule has 4 nitrogen and oxygen atoms in total. The van der Waals surface area contributed by atoms with Gasteiger partial charge in [-0.1, -0.05) is 0 Å². The van der Waals surface area contributed by atoms with Crippen molar-refractivity contribution in [2.75, 3.05) is 33.7 Å². The summed E-state index contributed by atoms with van der Waals surface area (Å²) in [5.74, 6) is -0.114. The van der Waals surface area contributed by atoms with E-state index in [2.05, 4.69) is 16.8 Å². The lowest BCUT2D eigenvalue weighted by molar-refractivity contribution is -0.149. The van der Waals surface area contributed by atoms with Crippen molar-refractivity contribution in [1.29, 1.82) is 0 Å². The minimum absolute atomic E-state index is 0.0154. The molecule has 1 saturated heterocycles. The molecule has 1 aliphatic rings. The van der Waals surface area contributed by atoms with Crippen LogP contribution in [0.5, 0.6) is 0 Å². The first-order chi connectivity index (χ1) is 7.49. The van der Waals surface area contributed by atoms with Gasteiger partial charge >= 0.3 is 5.97 Å². The summed E-state index contributed by atoms with van der Waals surface area (Å²) >= 11 is 0. The van der Waals surface area contributed by atoms with Crippen molar-refractivity contribution in [2.45, 2.75) is 38.8 Å². The summed E-state index contributed by atoms with van der Waals surface area (Å²) in [5.41, 5.74) is 0. The lowest BCUT2D eigenvalue weighted by atomic mass is 10.0. The first-order valence-corrected chi connectivity index (χ1v) is 6.07. The SMILES string of the molecule is CC(C)OC(=O)CN(C)C1CCN(C)CC1. The van der Waals surface area contributed by atoms with Crippen molar-refractivity contribution >= 4 is 5.97 Å². The third-order valence-corrected chi connectivity index (χ3v) is 3.06. The van der Waals surface area contributed by atoms with E-state index in [1.54, 1.807) is 0 Å². The lowest BCUT2D eigenvalue weighted by Crippen LogP contribution is -2.44. The highest BCUT2D eigenvalue weighted by Gasteiger charge is 2.22. The van der Waals surface area contributed by atoms with E-state index in [0.29, 0.717) is 12.6 Å². The summed E-state index contributed by atoms with van der Waals surface area (Å²) < 4.78 is 5.14. The predicted molar refractivity (Wildman–Crippen MR) is 64.4 cm³/mol. The number of nitrogens with zero attached hydrogens (tertiary/aromatic N) is 2. The Balaban J connectivity index is 2.29. The predicted octanol–water partition coefficient (Wildman–Crippen LogP) is 0.964. The van der Waals surface area contributed by atoms with E-state index >= 15 is 0 Å². The summed E-state index contributed by atoms with van der Waals surface area (Å²) in [6.45, 7) is 6.41. The zero-order valence-corrected chi connectivity index (χ0v) is 10.9. The Morgan fingerprint density at radius 2 is 2.00 bits per heavy atom. The van der Waals surface area contributed by atoms with Gasteiger partial charge in [-0.3, -0.25) is 9.69 Å². The van der Waals surface area contributed by atoms with Gasteiger partial charge in [0.25, 0.3) is 0 Å². The Kier molecular flexibility index (Phi) is 5.22. The number of hydrogen-bond acceptors (Lipinski definition) is 4. The maximum absolute atomic E-state index is 11.5. The number of likely N-dealkylation sites (tertiary alicyclic amines) is 1. The van der Waals surface area contributed by atoms with E-state index in [4.69, 9.17) is 4.74 Å². The van der Waals surface area contributed by atoms with Crippen molar-refractivity contribution in [3.05, 3.63) is 0 Å². The molecule has 0 amide bonds. The molecule has 0 N–H and O–H groups in total. The zero-order valence-electron chi connectivity index (χ0n) is 10.9. The molecule has 1 heterocycles. The molecule has 0 aromatic carbocycles. The molecule has 1 rings (SSSR count). The number of hydrogen-bond donors (Lipinski definition) is 0. The molecule has 16 heavy (non-hydrogen) atoms. The van der Waals surface area contributed by atoms with Gasteiger partial charge in [0.1, 0.15) is 0 Å². The normalized spacial score (nSPS) is 19.4. The summed E-state index contributed by atoms with van der Waals surface area (Å²) in [4.78, 5) is 15.9. The molecule has 1 fully saturated rings. The van der Waals surface area contributed by atoms with Gasteiger partial charge in [-0.25, -0.2) is 0 Å². The van der Waals surface area contributed by atoms with Crippen LogP contribution in [0.15, 0.2) is 0 Å². The van der Waals surface area contributed by atoms with Crippen LogP contribution in [0, 0.1) is 0 Å². The van der Waals surface area contributed by atoms with Crippen LogP contribution in [0.25, 0.3) is 0 Å². The molecule has 0 unspecified atom stereocenters. The van der Waals surface area contributed by atoms with Crippen LogP contribution in [0.3, 0.4) is 0 Å². The van der Waals surface area contributed by atoms with E-state index in [0.717, 1.165) is 25.9 Å². The van der Waals surface area contributed by atoms with Crippen LogP contribution in [0.1, 0.15) is 26.7 Å². The molecule has 0 bridgehead atoms. The molecule has 0 saturated carbocycles. The van der Waals surface area contributed by atoms with E-state index in [9.17, 15) is 4.79 Å². The minimum Gasteiger partial charge on any atom is -0.462 e. The maximum Gasteiger partial charge on any atom is 0.320 e. The second kappa shape index (κ2) is 6.21. The molecular weight excluding hydrogens is 204 g/mol. The number of ether oxygens (including phenoxy) is 1. The molecule has 0 aromatic heterocycles. The van der Waals surface area contributed by atoms with Crippen LogP contribution >= 0.6 is 0 Å². The van der Waals surface area contributed by atoms with Gasteiger partial charge < -0.3 is 9.64 Å². The minimum atomic E-state index is -0.114. The third-order valence-electron chi connectivity index (χ3n) is 3.06. The van der Waals surface area contributed by atoms with Gasteiger partial charge in [0, 0.05) is 6.04 Å². The van der Waals surface area contributed by atoms with Gasteiger partial charge in [-0.2, -0.15) is 0 Å². The molecule has 0 aromatic rings. The van der Waals surface area contributed by atoms with Crippen LogP contribution in [-0.4, -0.2) is 61.6 Å². The van der Waals surface area contributed by atoms with Gasteiger partial charge in [0.15, 0.2) is 0 Å². The number of carbonyl (C=O) groups excluding carboxylic acids is 1. The van der Waals surface area contributed by atoms with Crippen molar-refractivity contribution in [3.8, 4) is 0 Å². The highest BCUT2D eigenvalue weighted by molar-refractivity contribution is 5.71. The fourth-order valence-corrected chi connectivity index (χ4v) is 2.07. The van der Waals surface area contributed by atoms with E-state index in [1.165, 1.54) is 0 Å². The topological polar surface area (TPSA) is 32.8 Å². The number of piperidine rings is 1. The number of carbonyl (C=O) groups is 1. The lowest BCUT2D eigenvalue weighted by Gasteiger charge is -2.34. The smallest absolute Gasteiger partial charge is 0.320 e. The van der Waals surface area contributed by atoms with Gasteiger partial charge in [-0.05, 0) is 53.9 Å². The molecule has 94 valence electrons. The quantitative estimate of drug-likeness (QED) is 0.671. The Morgan fingerprint density at radius 3 is 2.50 bits per heavy atom. The third kappa shape index (κ3) is 4.49. The second-order valence-corrected chi connectivity index (χ2v) is 4.99. The number of esters is 1. The second-order valence-electron chi connectivity index (χ2n) is 4.99. The molecule has 0 atom stereocenters. The fourth-order valence-electron chi connectivity index (χ4n) is 2.07. The number of rotatable bonds is 4. The Bertz CT molecular complexity index is 223. The van der Waals surface area contributed by atoms with Gasteiger partial charge in [0.05, 0.1) is 12.6 Å². The van der Waals surface area contributed by atoms with Crippen LogP contribution in [0.2, 0.25) is 0 Å². The van der Waals surface area contributed by atoms with Crippen molar-refractivity contribution < 1.29 is 9.53 Å². The average molecular weight is 228 g/mol. The maximum atomic E-state index is 11.5. The summed E-state index contributed by atoms with van der Waals surface area (Å²) in [6, 6.07) is 0.524. The van der Waals surface area contributed by atoms with Crippen molar-refractivity contribution in [3.63, 3.8) is 0 Å². The Labute approximate surface area is 98.5 Å². The molecule has 0 aliphatic carbocycles. The Morgan fingerprint density at radius 1 is 1.44 bits per heavy atom. The van der Waals surface area contributed by atoms with E-state index in [1.807, 2.05) is 20.9 Å². The fraction of sp³-hybridized carbons (Fsp3) is 0.917. The molecule has 1 aliphatic heterocycles. The zero-order chi connectivity index (χ0) is 12.1. The molecule has 0 radical (unpaired) electrons. The van der Waals surface area contributed by atoms with Crippen LogP contribution in [-0.2, 0) is 9.53 Å². The van der Waals surface area contributed by atoms with E-state index < -0.39 is 0 Å². The first-order valence-electron chi connectivity index (χ1n) is 6.07. The van der Waals surface area contributed by atoms with Crippen molar-refractivity contribution in [1.82, 2.24) is 9.80 Å². The van der Waals surface area contributed by atoms with Crippen molar-refractivity contribution in [2.24, 2.45) is 0 Å². The largest absolute Gasteiger partial charge is 0.462 e. The molecule has 4 heteroatoms. The summed E-state index contributed by atoms with van der Waals surface area (Å²) in [5, 5.41) is 0. The highest BCUT2D eigenvalue weighted by Crippen LogP contribution is 2.13. The monoisotopic (exact) mass is 228 g/mol. The average Bonchev–Trinajstić information content (AvgIpc) is 2.16. The van der Waals surface area contributed by atoms with Crippen LogP contribution in [0.4, 0.5) is 0 Å². The van der Waals surface area contributed by atoms with E-state index in [-0.39, 0.29) is 12.1 Å². The first kappa shape index (κ1) is 13.5. The van der Waals surface area contributed by atoms with Gasteiger partial charge in [0.2, 0.25) is 0 Å².